The number of hydrogen-bond acceptors (Lipinski definition) is 6. The zero-order chi connectivity index (χ0) is 19.1. The Hall–Kier alpha value is -3.55. The van der Waals surface area contributed by atoms with Crippen molar-refractivity contribution >= 4 is 22.9 Å². The molecule has 2 aliphatic rings. The summed E-state index contributed by atoms with van der Waals surface area (Å²) in [5.41, 5.74) is 2.43. The lowest BCUT2D eigenvalue weighted by molar-refractivity contribution is 0.0535. The van der Waals surface area contributed by atoms with E-state index in [-0.39, 0.29) is 18.6 Å². The molecule has 8 nitrogen and oxygen atoms in total. The highest BCUT2D eigenvalue weighted by atomic mass is 16.7. The predicted molar refractivity (Wildman–Crippen MR) is 98.4 cm³/mol. The number of aromatic nitrogens is 1. The molecule has 0 unspecified atom stereocenters. The van der Waals surface area contributed by atoms with Gasteiger partial charge in [0, 0.05) is 37.3 Å². The summed E-state index contributed by atoms with van der Waals surface area (Å²) in [6.45, 7) is 2.09. The molecule has 1 aromatic heterocycles. The minimum atomic E-state index is -0.0746. The molecule has 0 bridgehead atoms. The van der Waals surface area contributed by atoms with Crippen LogP contribution in [0.3, 0.4) is 0 Å². The number of rotatable bonds is 2. The van der Waals surface area contributed by atoms with E-state index in [0.717, 1.165) is 0 Å². The number of carbonyl (C=O) groups is 2. The molecule has 2 aliphatic heterocycles. The monoisotopic (exact) mass is 379 g/mol. The second-order valence-electron chi connectivity index (χ2n) is 6.69. The van der Waals surface area contributed by atoms with Gasteiger partial charge in [0.25, 0.3) is 11.8 Å². The molecule has 28 heavy (non-hydrogen) atoms. The van der Waals surface area contributed by atoms with E-state index in [1.54, 1.807) is 46.2 Å². The summed E-state index contributed by atoms with van der Waals surface area (Å²) in [6, 6.07) is 10.4. The summed E-state index contributed by atoms with van der Waals surface area (Å²) < 4.78 is 15.8. The first kappa shape index (κ1) is 16.6. The van der Waals surface area contributed by atoms with Gasteiger partial charge in [0.1, 0.15) is 5.52 Å². The fourth-order valence-electron chi connectivity index (χ4n) is 3.50. The van der Waals surface area contributed by atoms with E-state index in [9.17, 15) is 9.59 Å². The largest absolute Gasteiger partial charge is 0.454 e. The Bertz CT molecular complexity index is 1070. The summed E-state index contributed by atoms with van der Waals surface area (Å²) in [6.07, 6.45) is 1.36. The Labute approximate surface area is 160 Å². The van der Waals surface area contributed by atoms with E-state index in [0.29, 0.717) is 59.9 Å². The van der Waals surface area contributed by atoms with E-state index in [1.807, 2.05) is 0 Å². The van der Waals surface area contributed by atoms with Gasteiger partial charge in [-0.1, -0.05) is 0 Å². The fraction of sp³-hybridized carbons (Fsp3) is 0.250. The second-order valence-corrected chi connectivity index (χ2v) is 6.69. The van der Waals surface area contributed by atoms with Crippen LogP contribution in [0.2, 0.25) is 0 Å². The van der Waals surface area contributed by atoms with E-state index in [1.165, 1.54) is 6.39 Å². The summed E-state index contributed by atoms with van der Waals surface area (Å²) in [5.74, 6) is 1.09. The first-order valence-electron chi connectivity index (χ1n) is 9.00. The Morgan fingerprint density at radius 1 is 0.821 bits per heavy atom. The quantitative estimate of drug-likeness (QED) is 0.678. The molecular formula is C20H17N3O5. The molecule has 0 radical (unpaired) electrons. The molecule has 0 aliphatic carbocycles. The molecular weight excluding hydrogens is 362 g/mol. The first-order valence-corrected chi connectivity index (χ1v) is 9.00. The normalized spacial score (nSPS) is 15.9. The lowest BCUT2D eigenvalue weighted by Crippen LogP contribution is -2.50. The maximum absolute atomic E-state index is 12.8. The van der Waals surface area contributed by atoms with Crippen molar-refractivity contribution in [2.75, 3.05) is 33.0 Å². The first-order chi connectivity index (χ1) is 13.7. The van der Waals surface area contributed by atoms with Crippen molar-refractivity contribution in [2.24, 2.45) is 0 Å². The maximum Gasteiger partial charge on any atom is 0.254 e. The van der Waals surface area contributed by atoms with Crippen molar-refractivity contribution < 1.29 is 23.5 Å². The summed E-state index contributed by atoms with van der Waals surface area (Å²) in [7, 11) is 0. The van der Waals surface area contributed by atoms with Crippen molar-refractivity contribution in [1.82, 2.24) is 14.8 Å². The van der Waals surface area contributed by atoms with Crippen LogP contribution in [0.25, 0.3) is 11.1 Å². The van der Waals surface area contributed by atoms with E-state index < -0.39 is 0 Å². The van der Waals surface area contributed by atoms with Gasteiger partial charge in [0.2, 0.25) is 6.79 Å². The molecule has 3 heterocycles. The number of amides is 2. The van der Waals surface area contributed by atoms with Gasteiger partial charge in [-0.2, -0.15) is 0 Å². The molecule has 1 saturated heterocycles. The molecule has 0 N–H and O–H groups in total. The number of benzene rings is 2. The van der Waals surface area contributed by atoms with Gasteiger partial charge in [-0.05, 0) is 36.4 Å². The van der Waals surface area contributed by atoms with Crippen LogP contribution in [0, 0.1) is 0 Å². The number of hydrogen-bond donors (Lipinski definition) is 0. The minimum absolute atomic E-state index is 0.0694. The number of nitrogens with zero attached hydrogens (tertiary/aromatic N) is 3. The standard InChI is InChI=1S/C20H17N3O5/c24-19(13-1-3-16-15(9-13)21-11-26-16)22-5-7-23(8-6-22)20(25)14-2-4-17-18(10-14)28-12-27-17/h1-4,9-11H,5-8,12H2. The van der Waals surface area contributed by atoms with Crippen LogP contribution >= 0.6 is 0 Å². The van der Waals surface area contributed by atoms with Crippen molar-refractivity contribution in [3.05, 3.63) is 53.9 Å². The van der Waals surface area contributed by atoms with Crippen molar-refractivity contribution in [3.8, 4) is 11.5 Å². The average Bonchev–Trinajstić information content (AvgIpc) is 3.40. The second kappa shape index (κ2) is 6.56. The number of piperazine rings is 1. The molecule has 3 aromatic rings. The van der Waals surface area contributed by atoms with Gasteiger partial charge >= 0.3 is 0 Å². The third kappa shape index (κ3) is 2.83. The lowest BCUT2D eigenvalue weighted by atomic mass is 10.1. The highest BCUT2D eigenvalue weighted by Gasteiger charge is 2.27. The van der Waals surface area contributed by atoms with Gasteiger partial charge < -0.3 is 23.7 Å². The molecule has 2 amide bonds. The van der Waals surface area contributed by atoms with Crippen molar-refractivity contribution in [3.63, 3.8) is 0 Å². The Balaban J connectivity index is 1.25. The lowest BCUT2D eigenvalue weighted by Gasteiger charge is -2.34. The van der Waals surface area contributed by atoms with E-state index in [2.05, 4.69) is 4.98 Å². The zero-order valence-corrected chi connectivity index (χ0v) is 15.0. The third-order valence-electron chi connectivity index (χ3n) is 5.05. The molecule has 8 heteroatoms. The van der Waals surface area contributed by atoms with Crippen LogP contribution in [-0.4, -0.2) is 59.6 Å². The van der Waals surface area contributed by atoms with Gasteiger partial charge in [0.15, 0.2) is 23.5 Å². The molecule has 142 valence electrons. The number of carbonyl (C=O) groups excluding carboxylic acids is 2. The highest BCUT2D eigenvalue weighted by molar-refractivity contribution is 5.98. The number of oxazole rings is 1. The van der Waals surface area contributed by atoms with Crippen LogP contribution in [-0.2, 0) is 0 Å². The third-order valence-corrected chi connectivity index (χ3v) is 5.05. The highest BCUT2D eigenvalue weighted by Crippen LogP contribution is 2.32. The molecule has 1 fully saturated rings. The van der Waals surface area contributed by atoms with E-state index >= 15 is 0 Å². The van der Waals surface area contributed by atoms with Crippen LogP contribution in [0.1, 0.15) is 20.7 Å². The molecule has 2 aromatic carbocycles. The smallest absolute Gasteiger partial charge is 0.254 e. The summed E-state index contributed by atoms with van der Waals surface area (Å²) in [5, 5.41) is 0. The Morgan fingerprint density at radius 2 is 1.46 bits per heavy atom. The van der Waals surface area contributed by atoms with Crippen molar-refractivity contribution in [2.45, 2.75) is 0 Å². The van der Waals surface area contributed by atoms with Gasteiger partial charge in [-0.3, -0.25) is 9.59 Å². The topological polar surface area (TPSA) is 85.1 Å². The zero-order valence-electron chi connectivity index (χ0n) is 15.0. The SMILES string of the molecule is O=C(c1ccc2c(c1)OCO2)N1CCN(C(=O)c2ccc3ocnc3c2)CC1. The molecule has 0 saturated carbocycles. The maximum atomic E-state index is 12.8. The molecule has 0 spiro atoms. The average molecular weight is 379 g/mol. The molecule has 0 atom stereocenters. The fourth-order valence-corrected chi connectivity index (χ4v) is 3.50. The molecule has 5 rings (SSSR count). The van der Waals surface area contributed by atoms with Gasteiger partial charge in [0.05, 0.1) is 0 Å². The van der Waals surface area contributed by atoms with Crippen LogP contribution in [0.15, 0.2) is 47.2 Å². The summed E-state index contributed by atoms with van der Waals surface area (Å²) >= 11 is 0. The van der Waals surface area contributed by atoms with Crippen molar-refractivity contribution in [1.29, 1.82) is 0 Å². The number of fused-ring (bicyclic) bond motifs is 2. The van der Waals surface area contributed by atoms with Gasteiger partial charge in [-0.15, -0.1) is 0 Å². The Kier molecular flexibility index (Phi) is 3.89. The van der Waals surface area contributed by atoms with Crippen LogP contribution < -0.4 is 9.47 Å². The van der Waals surface area contributed by atoms with Gasteiger partial charge in [-0.25, -0.2) is 4.98 Å². The summed E-state index contributed by atoms with van der Waals surface area (Å²) in [4.78, 5) is 33.1. The minimum Gasteiger partial charge on any atom is -0.454 e. The number of ether oxygens (including phenoxy) is 2. The van der Waals surface area contributed by atoms with Crippen LogP contribution in [0.4, 0.5) is 0 Å². The van der Waals surface area contributed by atoms with E-state index in [4.69, 9.17) is 13.9 Å². The Morgan fingerprint density at radius 3 is 2.21 bits per heavy atom. The predicted octanol–water partition coefficient (Wildman–Crippen LogP) is 2.15. The van der Waals surface area contributed by atoms with Crippen LogP contribution in [0.5, 0.6) is 11.5 Å².